The molecule has 1 aliphatic heterocycles. The van der Waals surface area contributed by atoms with E-state index in [1.54, 1.807) is 0 Å². The Bertz CT molecular complexity index is 547. The zero-order valence-corrected chi connectivity index (χ0v) is 11.8. The minimum atomic E-state index is 0.469. The Kier molecular flexibility index (Phi) is 3.81. The zero-order chi connectivity index (χ0) is 13.8. The molecule has 0 atom stereocenters. The summed E-state index contributed by atoms with van der Waals surface area (Å²) in [5.74, 6) is 0.753. The van der Waals surface area contributed by atoms with Gasteiger partial charge in [0.2, 0.25) is 5.95 Å². The summed E-state index contributed by atoms with van der Waals surface area (Å²) in [4.78, 5) is 11.1. The zero-order valence-electron chi connectivity index (χ0n) is 11.8. The number of hydrogen-bond donors (Lipinski definition) is 1. The van der Waals surface area contributed by atoms with Crippen molar-refractivity contribution in [3.8, 4) is 0 Å². The quantitative estimate of drug-likeness (QED) is 0.929. The highest BCUT2D eigenvalue weighted by molar-refractivity contribution is 5.46. The normalized spacial score (nSPS) is 16.1. The van der Waals surface area contributed by atoms with Gasteiger partial charge >= 0.3 is 0 Å². The van der Waals surface area contributed by atoms with Gasteiger partial charge in [0, 0.05) is 36.7 Å². The molecule has 0 saturated carbocycles. The van der Waals surface area contributed by atoms with Crippen LogP contribution in [-0.2, 0) is 0 Å². The van der Waals surface area contributed by atoms with Crippen molar-refractivity contribution >= 4 is 11.6 Å². The smallest absolute Gasteiger partial charge is 0.223 e. The lowest BCUT2D eigenvalue weighted by Gasteiger charge is -2.34. The molecule has 3 rings (SSSR count). The molecule has 1 saturated heterocycles. The second-order valence-corrected chi connectivity index (χ2v) is 5.26. The molecule has 104 valence electrons. The van der Waals surface area contributed by atoms with Gasteiger partial charge in [-0.3, -0.25) is 0 Å². The van der Waals surface area contributed by atoms with Gasteiger partial charge in [0.1, 0.15) is 0 Å². The fraction of sp³-hybridized carbons (Fsp3) is 0.375. The predicted octanol–water partition coefficient (Wildman–Crippen LogP) is 2.87. The molecular weight excluding hydrogens is 248 g/mol. The first kappa shape index (κ1) is 12.9. The lowest BCUT2D eigenvalue weighted by atomic mass is 10.0. The second kappa shape index (κ2) is 5.90. The second-order valence-electron chi connectivity index (χ2n) is 5.26. The summed E-state index contributed by atoms with van der Waals surface area (Å²) in [5.41, 5.74) is 2.32. The van der Waals surface area contributed by atoms with E-state index >= 15 is 0 Å². The van der Waals surface area contributed by atoms with Crippen LogP contribution in [0.25, 0.3) is 0 Å². The van der Waals surface area contributed by atoms with E-state index in [4.69, 9.17) is 0 Å². The minimum Gasteiger partial charge on any atom is -0.371 e. The van der Waals surface area contributed by atoms with Gasteiger partial charge in [0.25, 0.3) is 0 Å². The van der Waals surface area contributed by atoms with E-state index in [0.717, 1.165) is 37.6 Å². The van der Waals surface area contributed by atoms with Crippen molar-refractivity contribution in [3.63, 3.8) is 0 Å². The highest BCUT2D eigenvalue weighted by atomic mass is 15.2. The summed E-state index contributed by atoms with van der Waals surface area (Å²) in [5, 5.41) is 3.44. The highest BCUT2D eigenvalue weighted by Crippen LogP contribution is 2.20. The Morgan fingerprint density at radius 1 is 1.10 bits per heavy atom. The summed E-state index contributed by atoms with van der Waals surface area (Å²) in [6.45, 7) is 4.14. The number of hydrogen-bond acceptors (Lipinski definition) is 4. The van der Waals surface area contributed by atoms with E-state index in [-0.39, 0.29) is 0 Å². The molecule has 1 aliphatic rings. The van der Waals surface area contributed by atoms with Crippen LogP contribution in [0.5, 0.6) is 0 Å². The summed E-state index contributed by atoms with van der Waals surface area (Å²) < 4.78 is 0. The first-order valence-corrected chi connectivity index (χ1v) is 7.17. The van der Waals surface area contributed by atoms with Gasteiger partial charge in [0.15, 0.2) is 0 Å². The third kappa shape index (κ3) is 3.07. The third-order valence-electron chi connectivity index (χ3n) is 3.74. The van der Waals surface area contributed by atoms with Gasteiger partial charge in [-0.2, -0.15) is 0 Å². The van der Waals surface area contributed by atoms with Crippen molar-refractivity contribution in [1.82, 2.24) is 9.97 Å². The van der Waals surface area contributed by atoms with Crippen LogP contribution in [0.15, 0.2) is 42.6 Å². The Balaban J connectivity index is 1.56. The largest absolute Gasteiger partial charge is 0.371 e. The van der Waals surface area contributed by atoms with E-state index in [1.807, 2.05) is 19.2 Å². The number of benzene rings is 1. The molecule has 1 aromatic carbocycles. The minimum absolute atomic E-state index is 0.469. The van der Waals surface area contributed by atoms with Crippen molar-refractivity contribution in [1.29, 1.82) is 0 Å². The van der Waals surface area contributed by atoms with Crippen molar-refractivity contribution in [3.05, 3.63) is 48.3 Å². The molecule has 2 aromatic rings. The number of nitrogens with zero attached hydrogens (tertiary/aromatic N) is 3. The van der Waals surface area contributed by atoms with Crippen molar-refractivity contribution in [2.24, 2.45) is 0 Å². The SMILES string of the molecule is Cc1ccnc(NC2CCN(c3ccccc3)CC2)n1. The number of piperidine rings is 1. The van der Waals surface area contributed by atoms with Gasteiger partial charge in [-0.25, -0.2) is 9.97 Å². The Labute approximate surface area is 119 Å². The average Bonchev–Trinajstić information content (AvgIpc) is 2.49. The summed E-state index contributed by atoms with van der Waals surface area (Å²) >= 11 is 0. The maximum atomic E-state index is 4.41. The van der Waals surface area contributed by atoms with Gasteiger partial charge in [-0.05, 0) is 38.0 Å². The molecule has 1 aromatic heterocycles. The van der Waals surface area contributed by atoms with Crippen LogP contribution in [0, 0.1) is 6.92 Å². The predicted molar refractivity (Wildman–Crippen MR) is 82.1 cm³/mol. The molecule has 0 aliphatic carbocycles. The van der Waals surface area contributed by atoms with Gasteiger partial charge in [-0.1, -0.05) is 18.2 Å². The Morgan fingerprint density at radius 2 is 1.85 bits per heavy atom. The molecule has 2 heterocycles. The standard InChI is InChI=1S/C16H20N4/c1-13-7-10-17-16(18-13)19-14-8-11-20(12-9-14)15-5-3-2-4-6-15/h2-7,10,14H,8-9,11-12H2,1H3,(H,17,18,19). The van der Waals surface area contributed by atoms with Crippen LogP contribution >= 0.6 is 0 Å². The lowest BCUT2D eigenvalue weighted by molar-refractivity contribution is 0.524. The van der Waals surface area contributed by atoms with Crippen molar-refractivity contribution < 1.29 is 0 Å². The first-order chi connectivity index (χ1) is 9.81. The number of anilines is 2. The molecule has 1 N–H and O–H groups in total. The maximum Gasteiger partial charge on any atom is 0.223 e. The number of aryl methyl sites for hydroxylation is 1. The van der Waals surface area contributed by atoms with E-state index in [1.165, 1.54) is 5.69 Å². The molecule has 0 amide bonds. The number of para-hydroxylation sites is 1. The van der Waals surface area contributed by atoms with Crippen LogP contribution in [-0.4, -0.2) is 29.1 Å². The number of rotatable bonds is 3. The fourth-order valence-corrected chi connectivity index (χ4v) is 2.62. The van der Waals surface area contributed by atoms with Crippen LogP contribution in [0.2, 0.25) is 0 Å². The fourth-order valence-electron chi connectivity index (χ4n) is 2.62. The monoisotopic (exact) mass is 268 g/mol. The molecule has 4 nitrogen and oxygen atoms in total. The van der Waals surface area contributed by atoms with Crippen LogP contribution in [0.4, 0.5) is 11.6 Å². The van der Waals surface area contributed by atoms with E-state index in [2.05, 4.69) is 50.5 Å². The van der Waals surface area contributed by atoms with Gasteiger partial charge in [-0.15, -0.1) is 0 Å². The van der Waals surface area contributed by atoms with Crippen LogP contribution < -0.4 is 10.2 Å². The Morgan fingerprint density at radius 3 is 2.55 bits per heavy atom. The van der Waals surface area contributed by atoms with Crippen molar-refractivity contribution in [2.75, 3.05) is 23.3 Å². The molecule has 20 heavy (non-hydrogen) atoms. The van der Waals surface area contributed by atoms with E-state index < -0.39 is 0 Å². The van der Waals surface area contributed by atoms with Crippen LogP contribution in [0.1, 0.15) is 18.5 Å². The molecule has 0 spiro atoms. The molecular formula is C16H20N4. The molecule has 0 unspecified atom stereocenters. The molecule has 0 radical (unpaired) electrons. The highest BCUT2D eigenvalue weighted by Gasteiger charge is 2.19. The molecule has 1 fully saturated rings. The summed E-state index contributed by atoms with van der Waals surface area (Å²) in [7, 11) is 0. The molecule has 4 heteroatoms. The number of nitrogens with one attached hydrogen (secondary N) is 1. The topological polar surface area (TPSA) is 41.1 Å². The lowest BCUT2D eigenvalue weighted by Crippen LogP contribution is -2.39. The summed E-state index contributed by atoms with van der Waals surface area (Å²) in [6.07, 6.45) is 4.04. The maximum absolute atomic E-state index is 4.41. The van der Waals surface area contributed by atoms with Crippen molar-refractivity contribution in [2.45, 2.75) is 25.8 Å². The third-order valence-corrected chi connectivity index (χ3v) is 3.74. The Hall–Kier alpha value is -2.10. The average molecular weight is 268 g/mol. The number of aromatic nitrogens is 2. The molecule has 0 bridgehead atoms. The van der Waals surface area contributed by atoms with Crippen LogP contribution in [0.3, 0.4) is 0 Å². The first-order valence-electron chi connectivity index (χ1n) is 7.17. The van der Waals surface area contributed by atoms with E-state index in [9.17, 15) is 0 Å². The van der Waals surface area contributed by atoms with Gasteiger partial charge in [0.05, 0.1) is 0 Å². The van der Waals surface area contributed by atoms with E-state index in [0.29, 0.717) is 6.04 Å². The van der Waals surface area contributed by atoms with Gasteiger partial charge < -0.3 is 10.2 Å². The summed E-state index contributed by atoms with van der Waals surface area (Å²) in [6, 6.07) is 13.0.